The molecule has 2 amide bonds. The molecule has 4 rings (SSSR count). The number of rotatable bonds is 4. The van der Waals surface area contributed by atoms with Gasteiger partial charge in [-0.1, -0.05) is 18.2 Å². The van der Waals surface area contributed by atoms with Gasteiger partial charge >= 0.3 is 6.09 Å². The summed E-state index contributed by atoms with van der Waals surface area (Å²) >= 11 is 0. The topological polar surface area (TPSA) is 72.0 Å². The molecule has 1 aliphatic rings. The van der Waals surface area contributed by atoms with E-state index in [1.807, 2.05) is 54.6 Å². The van der Waals surface area contributed by atoms with Crippen molar-refractivity contribution in [1.82, 2.24) is 14.8 Å². The second-order valence-electron chi connectivity index (χ2n) is 7.28. The van der Waals surface area contributed by atoms with E-state index in [9.17, 15) is 9.59 Å². The molecule has 0 aliphatic carbocycles. The van der Waals surface area contributed by atoms with Crippen molar-refractivity contribution in [2.75, 3.05) is 39.9 Å². The van der Waals surface area contributed by atoms with Gasteiger partial charge in [-0.2, -0.15) is 0 Å². The molecule has 0 atom stereocenters. The molecular formula is C24H25N3O4. The van der Waals surface area contributed by atoms with E-state index in [4.69, 9.17) is 14.5 Å². The van der Waals surface area contributed by atoms with Crippen molar-refractivity contribution in [2.45, 2.75) is 6.92 Å². The standard InChI is InChI=1S/C24H25N3O4/c1-3-31-24(29)27-14-12-26(13-15-27)23(28)20-16-22(17-8-10-18(30-2)11-9-17)25-21-7-5-4-6-19(20)21/h4-11,16H,3,12-15H2,1-2H3. The number of hydrogen-bond donors (Lipinski definition) is 0. The zero-order valence-electron chi connectivity index (χ0n) is 17.7. The van der Waals surface area contributed by atoms with Crippen LogP contribution < -0.4 is 4.74 Å². The van der Waals surface area contributed by atoms with Crippen LogP contribution >= 0.6 is 0 Å². The van der Waals surface area contributed by atoms with Gasteiger partial charge in [0.25, 0.3) is 5.91 Å². The van der Waals surface area contributed by atoms with Crippen LogP contribution in [0.4, 0.5) is 4.79 Å². The van der Waals surface area contributed by atoms with Crippen LogP contribution in [-0.4, -0.2) is 66.7 Å². The van der Waals surface area contributed by atoms with Gasteiger partial charge in [0.1, 0.15) is 5.75 Å². The van der Waals surface area contributed by atoms with E-state index in [1.165, 1.54) is 0 Å². The SMILES string of the molecule is CCOC(=O)N1CCN(C(=O)c2cc(-c3ccc(OC)cc3)nc3ccccc23)CC1. The largest absolute Gasteiger partial charge is 0.497 e. The summed E-state index contributed by atoms with van der Waals surface area (Å²) in [5, 5.41) is 0.817. The summed E-state index contributed by atoms with van der Waals surface area (Å²) in [4.78, 5) is 33.6. The van der Waals surface area contributed by atoms with Gasteiger partial charge in [-0.15, -0.1) is 0 Å². The average Bonchev–Trinajstić information content (AvgIpc) is 2.83. The number of pyridine rings is 1. The van der Waals surface area contributed by atoms with Crippen molar-refractivity contribution >= 4 is 22.9 Å². The Labute approximate surface area is 181 Å². The predicted molar refractivity (Wildman–Crippen MR) is 118 cm³/mol. The van der Waals surface area contributed by atoms with Gasteiger partial charge in [-0.3, -0.25) is 4.79 Å². The summed E-state index contributed by atoms with van der Waals surface area (Å²) in [7, 11) is 1.63. The molecule has 7 nitrogen and oxygen atoms in total. The van der Waals surface area contributed by atoms with Crippen molar-refractivity contribution < 1.29 is 19.1 Å². The number of piperazine rings is 1. The number of nitrogens with zero attached hydrogens (tertiary/aromatic N) is 3. The van der Waals surface area contributed by atoms with Crippen molar-refractivity contribution in [3.8, 4) is 17.0 Å². The number of methoxy groups -OCH3 is 1. The fourth-order valence-corrected chi connectivity index (χ4v) is 3.74. The Morgan fingerprint density at radius 1 is 0.968 bits per heavy atom. The third kappa shape index (κ3) is 4.30. The Morgan fingerprint density at radius 2 is 1.65 bits per heavy atom. The molecule has 160 valence electrons. The zero-order chi connectivity index (χ0) is 21.8. The highest BCUT2D eigenvalue weighted by atomic mass is 16.6. The number of carbonyl (C=O) groups is 2. The number of carbonyl (C=O) groups excluding carboxylic acids is 2. The second kappa shape index (κ2) is 9.04. The molecule has 31 heavy (non-hydrogen) atoms. The molecule has 2 aromatic carbocycles. The van der Waals surface area contributed by atoms with Crippen LogP contribution in [0.2, 0.25) is 0 Å². The Balaban J connectivity index is 1.63. The van der Waals surface area contributed by atoms with Crippen molar-refractivity contribution in [1.29, 1.82) is 0 Å². The molecule has 1 fully saturated rings. The first kappa shape index (κ1) is 20.7. The normalized spacial score (nSPS) is 13.9. The molecule has 0 bridgehead atoms. The summed E-state index contributed by atoms with van der Waals surface area (Å²) < 4.78 is 10.3. The number of benzene rings is 2. The second-order valence-corrected chi connectivity index (χ2v) is 7.28. The molecule has 1 saturated heterocycles. The fourth-order valence-electron chi connectivity index (χ4n) is 3.74. The Hall–Kier alpha value is -3.61. The van der Waals surface area contributed by atoms with E-state index in [-0.39, 0.29) is 12.0 Å². The minimum atomic E-state index is -0.328. The third-order valence-corrected chi connectivity index (χ3v) is 5.43. The van der Waals surface area contributed by atoms with Gasteiger partial charge in [0, 0.05) is 37.1 Å². The highest BCUT2D eigenvalue weighted by Gasteiger charge is 2.27. The lowest BCUT2D eigenvalue weighted by Crippen LogP contribution is -2.50. The van der Waals surface area contributed by atoms with E-state index >= 15 is 0 Å². The molecule has 1 aliphatic heterocycles. The van der Waals surface area contributed by atoms with Crippen molar-refractivity contribution in [3.63, 3.8) is 0 Å². The summed E-state index contributed by atoms with van der Waals surface area (Å²) in [6, 6.07) is 17.1. The number of para-hydroxylation sites is 1. The van der Waals surface area contributed by atoms with Gasteiger partial charge < -0.3 is 19.3 Å². The molecule has 3 aromatic rings. The lowest BCUT2D eigenvalue weighted by Gasteiger charge is -2.34. The molecule has 0 N–H and O–H groups in total. The quantitative estimate of drug-likeness (QED) is 0.643. The average molecular weight is 419 g/mol. The first-order valence-electron chi connectivity index (χ1n) is 10.4. The van der Waals surface area contributed by atoms with Crippen LogP contribution in [0.25, 0.3) is 22.2 Å². The first-order valence-corrected chi connectivity index (χ1v) is 10.4. The minimum Gasteiger partial charge on any atom is -0.497 e. The van der Waals surface area contributed by atoms with Crippen LogP contribution in [0.1, 0.15) is 17.3 Å². The van der Waals surface area contributed by atoms with Crippen LogP contribution in [0, 0.1) is 0 Å². The number of hydrogen-bond acceptors (Lipinski definition) is 5. The van der Waals surface area contributed by atoms with E-state index < -0.39 is 0 Å². The number of aromatic nitrogens is 1. The maximum atomic E-state index is 13.4. The minimum absolute atomic E-state index is 0.0585. The smallest absolute Gasteiger partial charge is 0.409 e. The summed E-state index contributed by atoms with van der Waals surface area (Å²) in [6.45, 7) is 3.97. The number of fused-ring (bicyclic) bond motifs is 1. The van der Waals surface area contributed by atoms with Gasteiger partial charge in [0.05, 0.1) is 30.5 Å². The molecule has 1 aromatic heterocycles. The zero-order valence-corrected chi connectivity index (χ0v) is 17.7. The van der Waals surface area contributed by atoms with Crippen molar-refractivity contribution in [2.24, 2.45) is 0 Å². The Kier molecular flexibility index (Phi) is 6.02. The van der Waals surface area contributed by atoms with Crippen LogP contribution in [0.15, 0.2) is 54.6 Å². The Morgan fingerprint density at radius 3 is 2.32 bits per heavy atom. The molecule has 0 radical (unpaired) electrons. The van der Waals surface area contributed by atoms with Crippen molar-refractivity contribution in [3.05, 3.63) is 60.2 Å². The maximum Gasteiger partial charge on any atom is 0.409 e. The van der Waals surface area contributed by atoms with E-state index in [0.717, 1.165) is 27.9 Å². The summed E-state index contributed by atoms with van der Waals surface area (Å²) in [6.07, 6.45) is -0.328. The summed E-state index contributed by atoms with van der Waals surface area (Å²) in [5.41, 5.74) is 3.02. The van der Waals surface area contributed by atoms with Crippen LogP contribution in [0.5, 0.6) is 5.75 Å². The number of amides is 2. The van der Waals surface area contributed by atoms with Gasteiger partial charge in [-0.05, 0) is 43.3 Å². The maximum absolute atomic E-state index is 13.4. The van der Waals surface area contributed by atoms with E-state index in [0.29, 0.717) is 38.3 Å². The lowest BCUT2D eigenvalue weighted by atomic mass is 10.0. The first-order chi connectivity index (χ1) is 15.1. The number of ether oxygens (including phenoxy) is 2. The molecule has 0 saturated carbocycles. The highest BCUT2D eigenvalue weighted by molar-refractivity contribution is 6.07. The summed E-state index contributed by atoms with van der Waals surface area (Å²) in [5.74, 6) is 0.706. The monoisotopic (exact) mass is 419 g/mol. The molecular weight excluding hydrogens is 394 g/mol. The Bertz CT molecular complexity index is 1090. The fraction of sp³-hybridized carbons (Fsp3) is 0.292. The van der Waals surface area contributed by atoms with Gasteiger partial charge in [-0.25, -0.2) is 9.78 Å². The molecule has 0 spiro atoms. The molecule has 2 heterocycles. The van der Waals surface area contributed by atoms with Crippen LogP contribution in [-0.2, 0) is 4.74 Å². The van der Waals surface area contributed by atoms with Crippen LogP contribution in [0.3, 0.4) is 0 Å². The van der Waals surface area contributed by atoms with Gasteiger partial charge in [0.15, 0.2) is 0 Å². The molecule has 7 heteroatoms. The predicted octanol–water partition coefficient (Wildman–Crippen LogP) is 3.82. The van der Waals surface area contributed by atoms with Gasteiger partial charge in [0.2, 0.25) is 0 Å². The van der Waals surface area contributed by atoms with E-state index in [2.05, 4.69) is 0 Å². The third-order valence-electron chi connectivity index (χ3n) is 5.43. The highest BCUT2D eigenvalue weighted by Crippen LogP contribution is 2.27. The molecule has 0 unspecified atom stereocenters. The van der Waals surface area contributed by atoms with E-state index in [1.54, 1.807) is 23.8 Å². The lowest BCUT2D eigenvalue weighted by molar-refractivity contribution is 0.0572.